The number of cyclic esters (lactones) is 1. The minimum atomic E-state index is -0.526. The first-order chi connectivity index (χ1) is 12.0. The molecule has 0 radical (unpaired) electrons. The zero-order valence-electron chi connectivity index (χ0n) is 12.4. The van der Waals surface area contributed by atoms with Crippen molar-refractivity contribution in [1.82, 2.24) is 0 Å². The van der Waals surface area contributed by atoms with E-state index in [1.807, 2.05) is 18.2 Å². The predicted octanol–water partition coefficient (Wildman–Crippen LogP) is 6.21. The molecule has 2 heterocycles. The van der Waals surface area contributed by atoms with E-state index in [2.05, 4.69) is 4.99 Å². The summed E-state index contributed by atoms with van der Waals surface area (Å²) in [5.74, 6) is -0.331. The molecule has 0 fully saturated rings. The van der Waals surface area contributed by atoms with Gasteiger partial charge in [-0.1, -0.05) is 53.0 Å². The number of benzene rings is 2. The van der Waals surface area contributed by atoms with E-state index < -0.39 is 5.97 Å². The van der Waals surface area contributed by atoms with Crippen molar-refractivity contribution in [2.45, 2.75) is 0 Å². The lowest BCUT2D eigenvalue weighted by atomic mass is 10.2. The molecule has 0 atom stereocenters. The third-order valence-corrected chi connectivity index (χ3v) is 5.67. The van der Waals surface area contributed by atoms with Gasteiger partial charge in [0.05, 0.1) is 5.02 Å². The summed E-state index contributed by atoms with van der Waals surface area (Å²) < 4.78 is 6.21. The third-order valence-electron chi connectivity index (χ3n) is 3.56. The number of hydrogen-bond donors (Lipinski definition) is 0. The van der Waals surface area contributed by atoms with Gasteiger partial charge >= 0.3 is 5.97 Å². The quantitative estimate of drug-likeness (QED) is 0.374. The Balaban J connectivity index is 1.77. The summed E-state index contributed by atoms with van der Waals surface area (Å²) in [5, 5.41) is 2.53. The molecule has 0 spiro atoms. The number of thiophene rings is 1. The SMILES string of the molecule is O=C1OC(c2sc3cc(Cl)ccc3c2Cl)=N/C1=C\c1cccc(Cl)c1. The van der Waals surface area contributed by atoms with E-state index in [0.717, 1.165) is 15.6 Å². The van der Waals surface area contributed by atoms with Crippen LogP contribution in [0, 0.1) is 0 Å². The highest BCUT2D eigenvalue weighted by atomic mass is 35.5. The van der Waals surface area contributed by atoms with Gasteiger partial charge in [0, 0.05) is 20.1 Å². The number of hydrogen-bond acceptors (Lipinski definition) is 4. The monoisotopic (exact) mass is 407 g/mol. The van der Waals surface area contributed by atoms with Crippen molar-refractivity contribution in [3.8, 4) is 0 Å². The minimum absolute atomic E-state index is 0.195. The minimum Gasteiger partial charge on any atom is -0.401 e. The van der Waals surface area contributed by atoms with Crippen LogP contribution < -0.4 is 0 Å². The number of esters is 1. The molecule has 0 N–H and O–H groups in total. The van der Waals surface area contributed by atoms with E-state index in [0.29, 0.717) is 19.9 Å². The van der Waals surface area contributed by atoms with Crippen molar-refractivity contribution in [3.63, 3.8) is 0 Å². The molecule has 1 aromatic heterocycles. The number of rotatable bonds is 2. The van der Waals surface area contributed by atoms with Crippen molar-refractivity contribution in [2.75, 3.05) is 0 Å². The van der Waals surface area contributed by atoms with E-state index in [1.165, 1.54) is 11.3 Å². The van der Waals surface area contributed by atoms with Crippen LogP contribution in [0.15, 0.2) is 53.2 Å². The topological polar surface area (TPSA) is 38.7 Å². The molecule has 0 bridgehead atoms. The number of halogens is 3. The zero-order valence-corrected chi connectivity index (χ0v) is 15.5. The van der Waals surface area contributed by atoms with Gasteiger partial charge in [-0.25, -0.2) is 9.79 Å². The number of carbonyl (C=O) groups is 1. The molecule has 0 unspecified atom stereocenters. The maximum atomic E-state index is 12.1. The van der Waals surface area contributed by atoms with E-state index in [-0.39, 0.29) is 11.6 Å². The number of nitrogens with zero attached hydrogens (tertiary/aromatic N) is 1. The fourth-order valence-corrected chi connectivity index (χ4v) is 4.35. The van der Waals surface area contributed by atoms with Crippen LogP contribution in [0.5, 0.6) is 0 Å². The Kier molecular flexibility index (Phi) is 4.29. The van der Waals surface area contributed by atoms with E-state index >= 15 is 0 Å². The van der Waals surface area contributed by atoms with Crippen LogP contribution in [-0.4, -0.2) is 11.9 Å². The summed E-state index contributed by atoms with van der Waals surface area (Å²) in [5.41, 5.74) is 0.961. The van der Waals surface area contributed by atoms with Gasteiger partial charge in [0.2, 0.25) is 5.90 Å². The van der Waals surface area contributed by atoms with E-state index in [4.69, 9.17) is 39.5 Å². The van der Waals surface area contributed by atoms with Crippen LogP contribution in [-0.2, 0) is 9.53 Å². The molecule has 124 valence electrons. The van der Waals surface area contributed by atoms with Crippen molar-refractivity contribution in [3.05, 3.63) is 73.7 Å². The van der Waals surface area contributed by atoms with E-state index in [9.17, 15) is 4.79 Å². The Labute approximate surface area is 162 Å². The highest BCUT2D eigenvalue weighted by Gasteiger charge is 2.28. The van der Waals surface area contributed by atoms with Crippen molar-refractivity contribution < 1.29 is 9.53 Å². The third kappa shape index (κ3) is 3.18. The predicted molar refractivity (Wildman–Crippen MR) is 104 cm³/mol. The Morgan fingerprint density at radius 1 is 1.04 bits per heavy atom. The van der Waals surface area contributed by atoms with Crippen LogP contribution in [0.4, 0.5) is 0 Å². The van der Waals surface area contributed by atoms with Gasteiger partial charge in [0.15, 0.2) is 5.70 Å². The Bertz CT molecular complexity index is 1090. The number of aliphatic imine (C=N–C) groups is 1. The lowest BCUT2D eigenvalue weighted by molar-refractivity contribution is -0.129. The Morgan fingerprint density at radius 3 is 2.64 bits per heavy atom. The molecule has 1 aliphatic heterocycles. The normalized spacial score (nSPS) is 15.7. The fourth-order valence-electron chi connectivity index (χ4n) is 2.44. The average Bonchev–Trinajstić information content (AvgIpc) is 3.08. The molecular weight excluding hydrogens is 401 g/mol. The standard InChI is InChI=1S/C18H8Cl3NO2S/c19-10-3-1-2-9(6-10)7-13-18(23)24-17(22-13)16-15(21)12-5-4-11(20)8-14(12)25-16/h1-8H/b13-7-. The van der Waals surface area contributed by atoms with Gasteiger partial charge in [-0.15, -0.1) is 11.3 Å². The molecule has 7 heteroatoms. The second kappa shape index (κ2) is 6.46. The first-order valence-electron chi connectivity index (χ1n) is 7.17. The maximum Gasteiger partial charge on any atom is 0.363 e. The molecule has 3 nitrogen and oxygen atoms in total. The first kappa shape index (κ1) is 16.6. The summed E-state index contributed by atoms with van der Waals surface area (Å²) in [7, 11) is 0. The average molecular weight is 409 g/mol. The van der Waals surface area contributed by atoms with Crippen molar-refractivity contribution in [1.29, 1.82) is 0 Å². The molecule has 0 saturated heterocycles. The maximum absolute atomic E-state index is 12.1. The zero-order chi connectivity index (χ0) is 17.6. The van der Waals surface area contributed by atoms with Crippen molar-refractivity contribution >= 4 is 74.2 Å². The molecule has 4 rings (SSSR count). The molecule has 0 amide bonds. The fraction of sp³-hybridized carbons (Fsp3) is 0. The lowest BCUT2D eigenvalue weighted by Gasteiger charge is -1.95. The van der Waals surface area contributed by atoms with Gasteiger partial charge in [-0.3, -0.25) is 0 Å². The van der Waals surface area contributed by atoms with Crippen LogP contribution >= 0.6 is 46.1 Å². The second-order valence-electron chi connectivity index (χ2n) is 5.28. The van der Waals surface area contributed by atoms with Gasteiger partial charge in [-0.2, -0.15) is 0 Å². The van der Waals surface area contributed by atoms with Gasteiger partial charge < -0.3 is 4.74 Å². The summed E-state index contributed by atoms with van der Waals surface area (Å²) in [6, 6.07) is 12.5. The van der Waals surface area contributed by atoms with Gasteiger partial charge in [-0.05, 0) is 35.9 Å². The van der Waals surface area contributed by atoms with Gasteiger partial charge in [0.25, 0.3) is 0 Å². The summed E-state index contributed by atoms with van der Waals surface area (Å²) in [4.78, 5) is 17.0. The largest absolute Gasteiger partial charge is 0.401 e. The number of ether oxygens (including phenoxy) is 1. The molecule has 3 aromatic rings. The highest BCUT2D eigenvalue weighted by molar-refractivity contribution is 7.21. The molecule has 2 aromatic carbocycles. The van der Waals surface area contributed by atoms with Crippen LogP contribution in [0.25, 0.3) is 16.2 Å². The van der Waals surface area contributed by atoms with E-state index in [1.54, 1.807) is 30.3 Å². The smallest absolute Gasteiger partial charge is 0.363 e. The van der Waals surface area contributed by atoms with Crippen LogP contribution in [0.2, 0.25) is 15.1 Å². The molecular formula is C18H8Cl3NO2S. The molecule has 1 aliphatic rings. The van der Waals surface area contributed by atoms with Crippen molar-refractivity contribution in [2.24, 2.45) is 4.99 Å². The molecule has 0 aliphatic carbocycles. The van der Waals surface area contributed by atoms with Crippen LogP contribution in [0.3, 0.4) is 0 Å². The Morgan fingerprint density at radius 2 is 1.84 bits per heavy atom. The second-order valence-corrected chi connectivity index (χ2v) is 7.58. The Hall–Kier alpha value is -1.85. The van der Waals surface area contributed by atoms with Crippen LogP contribution in [0.1, 0.15) is 10.4 Å². The number of carbonyl (C=O) groups excluding carboxylic acids is 1. The molecule has 0 saturated carbocycles. The summed E-state index contributed by atoms with van der Waals surface area (Å²) in [6.45, 7) is 0. The first-order valence-corrected chi connectivity index (χ1v) is 9.12. The lowest BCUT2D eigenvalue weighted by Crippen LogP contribution is -2.04. The summed E-state index contributed by atoms with van der Waals surface area (Å²) >= 11 is 19.8. The summed E-state index contributed by atoms with van der Waals surface area (Å²) in [6.07, 6.45) is 1.62. The van der Waals surface area contributed by atoms with Gasteiger partial charge in [0.1, 0.15) is 4.88 Å². The highest BCUT2D eigenvalue weighted by Crippen LogP contribution is 2.38. The number of fused-ring (bicyclic) bond motifs is 1. The molecule has 25 heavy (non-hydrogen) atoms.